The van der Waals surface area contributed by atoms with E-state index in [-0.39, 0.29) is 29.0 Å². The molecule has 22 heavy (non-hydrogen) atoms. The van der Waals surface area contributed by atoms with Crippen molar-refractivity contribution in [3.8, 4) is 0 Å². The Hall–Kier alpha value is -0.250. The first kappa shape index (κ1) is 15.3. The summed E-state index contributed by atoms with van der Waals surface area (Å²) in [5.74, 6) is 0.210. The first-order valence-electron chi connectivity index (χ1n) is 8.83. The van der Waals surface area contributed by atoms with Crippen LogP contribution in [0.4, 0.5) is 13.2 Å². The van der Waals surface area contributed by atoms with Crippen molar-refractivity contribution >= 4 is 0 Å². The van der Waals surface area contributed by atoms with Gasteiger partial charge in [0.2, 0.25) is 0 Å². The van der Waals surface area contributed by atoms with Crippen molar-refractivity contribution < 1.29 is 17.9 Å². The van der Waals surface area contributed by atoms with E-state index in [4.69, 9.17) is 4.74 Å². The van der Waals surface area contributed by atoms with E-state index in [1.165, 1.54) is 6.92 Å². The molecule has 0 spiro atoms. The summed E-state index contributed by atoms with van der Waals surface area (Å²) in [7, 11) is 0. The van der Waals surface area contributed by atoms with Gasteiger partial charge in [-0.1, -0.05) is 13.8 Å². The second kappa shape index (κ2) is 4.23. The molecule has 0 amide bonds. The number of halogens is 3. The molecule has 126 valence electrons. The molecule has 7 atom stereocenters. The van der Waals surface area contributed by atoms with Gasteiger partial charge in [0.25, 0.3) is 0 Å². The standard InChI is InChI=1S/C18H27F3O/c1-15-8-11(15)4-5-12(9-15)17(3,18(19,20)21)13-6-7-14-16(2,10-13)22-14/h11-14H,4-10H2,1-3H3. The van der Waals surface area contributed by atoms with Gasteiger partial charge >= 0.3 is 6.18 Å². The number of rotatable bonds is 2. The summed E-state index contributed by atoms with van der Waals surface area (Å²) in [5.41, 5.74) is -1.60. The Bertz CT molecular complexity index is 453. The lowest BCUT2D eigenvalue weighted by molar-refractivity contribution is -0.264. The largest absolute Gasteiger partial charge is 0.394 e. The fourth-order valence-electron chi connectivity index (χ4n) is 5.87. The van der Waals surface area contributed by atoms with Crippen molar-refractivity contribution in [2.24, 2.45) is 28.6 Å². The van der Waals surface area contributed by atoms with Gasteiger partial charge < -0.3 is 4.74 Å². The lowest BCUT2D eigenvalue weighted by atomic mass is 9.57. The van der Waals surface area contributed by atoms with E-state index in [2.05, 4.69) is 6.92 Å². The number of hydrogen-bond donors (Lipinski definition) is 0. The van der Waals surface area contributed by atoms with Crippen LogP contribution < -0.4 is 0 Å². The highest BCUT2D eigenvalue weighted by Gasteiger charge is 2.67. The van der Waals surface area contributed by atoms with Gasteiger partial charge in [-0.3, -0.25) is 0 Å². The van der Waals surface area contributed by atoms with Crippen LogP contribution in [0.25, 0.3) is 0 Å². The molecule has 7 unspecified atom stereocenters. The monoisotopic (exact) mass is 316 g/mol. The normalized spacial score (nSPS) is 53.2. The molecule has 0 aromatic carbocycles. The molecule has 1 heterocycles. The molecule has 4 aliphatic rings. The van der Waals surface area contributed by atoms with Crippen LogP contribution >= 0.6 is 0 Å². The van der Waals surface area contributed by atoms with Gasteiger partial charge in [-0.05, 0) is 75.0 Å². The number of alkyl halides is 3. The Kier molecular flexibility index (Phi) is 2.94. The predicted molar refractivity (Wildman–Crippen MR) is 78.3 cm³/mol. The molecule has 1 aliphatic heterocycles. The Balaban J connectivity index is 1.62. The average Bonchev–Trinajstić information content (AvgIpc) is 3.27. The van der Waals surface area contributed by atoms with E-state index in [9.17, 15) is 13.2 Å². The topological polar surface area (TPSA) is 12.5 Å². The molecule has 0 aromatic heterocycles. The highest BCUT2D eigenvalue weighted by atomic mass is 19.4. The van der Waals surface area contributed by atoms with Gasteiger partial charge in [0.05, 0.1) is 17.1 Å². The second-order valence-corrected chi connectivity index (χ2v) is 9.21. The summed E-state index contributed by atoms with van der Waals surface area (Å²) in [6.45, 7) is 5.73. The Morgan fingerprint density at radius 3 is 2.14 bits per heavy atom. The molecule has 4 heteroatoms. The van der Waals surface area contributed by atoms with Crippen molar-refractivity contribution in [3.05, 3.63) is 0 Å². The van der Waals surface area contributed by atoms with Crippen LogP contribution in [0.1, 0.15) is 65.7 Å². The zero-order chi connectivity index (χ0) is 16.0. The van der Waals surface area contributed by atoms with Gasteiger partial charge in [-0.15, -0.1) is 0 Å². The van der Waals surface area contributed by atoms with Crippen molar-refractivity contribution in [1.82, 2.24) is 0 Å². The molecule has 4 rings (SSSR count). The summed E-state index contributed by atoms with van der Waals surface area (Å²) >= 11 is 0. The van der Waals surface area contributed by atoms with Crippen molar-refractivity contribution in [2.45, 2.75) is 83.6 Å². The second-order valence-electron chi connectivity index (χ2n) is 9.21. The van der Waals surface area contributed by atoms with E-state index in [0.717, 1.165) is 32.1 Å². The van der Waals surface area contributed by atoms with Gasteiger partial charge in [0.1, 0.15) is 0 Å². The molecule has 4 fully saturated rings. The lowest BCUT2D eigenvalue weighted by Crippen LogP contribution is -2.51. The highest BCUT2D eigenvalue weighted by Crippen LogP contribution is 2.68. The van der Waals surface area contributed by atoms with E-state index in [1.54, 1.807) is 0 Å². The van der Waals surface area contributed by atoms with Gasteiger partial charge in [0, 0.05) is 0 Å². The summed E-state index contributed by atoms with van der Waals surface area (Å²) in [5, 5.41) is 0. The predicted octanol–water partition coefficient (Wildman–Crippen LogP) is 5.34. The minimum atomic E-state index is -4.11. The molecule has 1 saturated heterocycles. The Morgan fingerprint density at radius 1 is 0.909 bits per heavy atom. The van der Waals surface area contributed by atoms with E-state index in [1.807, 2.05) is 6.92 Å². The molecule has 3 aliphatic carbocycles. The van der Waals surface area contributed by atoms with Gasteiger partial charge in [-0.2, -0.15) is 13.2 Å². The Morgan fingerprint density at radius 2 is 1.55 bits per heavy atom. The zero-order valence-corrected chi connectivity index (χ0v) is 13.8. The molecule has 0 radical (unpaired) electrons. The number of epoxide rings is 1. The van der Waals surface area contributed by atoms with Crippen LogP contribution in [0.2, 0.25) is 0 Å². The van der Waals surface area contributed by atoms with Crippen LogP contribution in [0, 0.1) is 28.6 Å². The molecule has 0 bridgehead atoms. The molecule has 1 nitrogen and oxygen atoms in total. The van der Waals surface area contributed by atoms with Gasteiger partial charge in [0.15, 0.2) is 0 Å². The third-order valence-corrected chi connectivity index (χ3v) is 7.89. The first-order valence-corrected chi connectivity index (χ1v) is 8.83. The minimum Gasteiger partial charge on any atom is -0.366 e. The first-order chi connectivity index (χ1) is 10.1. The highest BCUT2D eigenvalue weighted by molar-refractivity contribution is 5.11. The maximum absolute atomic E-state index is 14.2. The van der Waals surface area contributed by atoms with Crippen LogP contribution in [-0.2, 0) is 4.74 Å². The van der Waals surface area contributed by atoms with Crippen LogP contribution in [-0.4, -0.2) is 17.9 Å². The lowest BCUT2D eigenvalue weighted by Gasteiger charge is -2.49. The van der Waals surface area contributed by atoms with E-state index < -0.39 is 11.6 Å². The third kappa shape index (κ3) is 2.01. The molecule has 3 saturated carbocycles. The van der Waals surface area contributed by atoms with E-state index in [0.29, 0.717) is 18.8 Å². The fraction of sp³-hybridized carbons (Fsp3) is 1.00. The summed E-state index contributed by atoms with van der Waals surface area (Å²) in [6.07, 6.45) is 1.84. The van der Waals surface area contributed by atoms with Gasteiger partial charge in [-0.25, -0.2) is 0 Å². The molecule has 0 aromatic rings. The smallest absolute Gasteiger partial charge is 0.366 e. The van der Waals surface area contributed by atoms with E-state index >= 15 is 0 Å². The number of fused-ring (bicyclic) bond motifs is 2. The van der Waals surface area contributed by atoms with Crippen molar-refractivity contribution in [2.75, 3.05) is 0 Å². The SMILES string of the molecule is CC12CC1CCC(C(C)(C1CCC3OC3(C)C1)C(F)(F)F)C2. The molecular weight excluding hydrogens is 289 g/mol. The van der Waals surface area contributed by atoms with Crippen molar-refractivity contribution in [1.29, 1.82) is 0 Å². The average molecular weight is 316 g/mol. The fourth-order valence-corrected chi connectivity index (χ4v) is 5.87. The zero-order valence-electron chi connectivity index (χ0n) is 13.8. The van der Waals surface area contributed by atoms with Crippen molar-refractivity contribution in [3.63, 3.8) is 0 Å². The van der Waals surface area contributed by atoms with Crippen LogP contribution in [0.3, 0.4) is 0 Å². The third-order valence-electron chi connectivity index (χ3n) is 7.89. The minimum absolute atomic E-state index is 0.201. The Labute approximate surface area is 131 Å². The van der Waals surface area contributed by atoms with Crippen LogP contribution in [0.5, 0.6) is 0 Å². The molecular formula is C18H27F3O. The maximum atomic E-state index is 14.2. The summed E-state index contributed by atoms with van der Waals surface area (Å²) < 4.78 is 48.2. The van der Waals surface area contributed by atoms with Crippen LogP contribution in [0.15, 0.2) is 0 Å². The number of hydrogen-bond acceptors (Lipinski definition) is 1. The molecule has 0 N–H and O–H groups in total. The number of ether oxygens (including phenoxy) is 1. The quantitative estimate of drug-likeness (QED) is 0.627. The maximum Gasteiger partial charge on any atom is 0.394 e. The summed E-state index contributed by atoms with van der Waals surface area (Å²) in [6, 6.07) is 0. The summed E-state index contributed by atoms with van der Waals surface area (Å²) in [4.78, 5) is 0.